The van der Waals surface area contributed by atoms with Crippen molar-refractivity contribution in [2.24, 2.45) is 0 Å². The highest BCUT2D eigenvalue weighted by molar-refractivity contribution is 6.46. The van der Waals surface area contributed by atoms with Crippen molar-refractivity contribution in [1.82, 2.24) is 4.90 Å². The third-order valence-electron chi connectivity index (χ3n) is 5.02. The Bertz CT molecular complexity index is 1070. The molecule has 2 aromatic carbocycles. The van der Waals surface area contributed by atoms with E-state index in [1.165, 1.54) is 30.2 Å². The first-order chi connectivity index (χ1) is 15.4. The number of amides is 1. The van der Waals surface area contributed by atoms with Crippen LogP contribution in [0.1, 0.15) is 17.2 Å². The minimum Gasteiger partial charge on any atom is -0.507 e. The minimum atomic E-state index is -0.997. The predicted molar refractivity (Wildman–Crippen MR) is 113 cm³/mol. The Kier molecular flexibility index (Phi) is 7.18. The van der Waals surface area contributed by atoms with Gasteiger partial charge in [0.05, 0.1) is 43.5 Å². The number of nitro groups is 1. The Hall–Kier alpha value is -3.76. The second-order valence-corrected chi connectivity index (χ2v) is 6.88. The molecule has 0 radical (unpaired) electrons. The van der Waals surface area contributed by atoms with Crippen molar-refractivity contribution in [3.8, 4) is 5.75 Å². The fourth-order valence-electron chi connectivity index (χ4n) is 3.58. The molecule has 1 saturated heterocycles. The predicted octanol–water partition coefficient (Wildman–Crippen LogP) is 2.03. The molecule has 168 valence electrons. The van der Waals surface area contributed by atoms with Crippen LogP contribution in [0.25, 0.3) is 5.76 Å². The van der Waals surface area contributed by atoms with Gasteiger partial charge in [0.1, 0.15) is 11.5 Å². The van der Waals surface area contributed by atoms with E-state index in [0.717, 1.165) is 6.07 Å². The molecule has 10 nitrogen and oxygen atoms in total. The maximum Gasteiger partial charge on any atom is 0.295 e. The van der Waals surface area contributed by atoms with Crippen LogP contribution < -0.4 is 4.74 Å². The number of likely N-dealkylation sites (tertiary alicyclic amines) is 1. The first-order valence-electron chi connectivity index (χ1n) is 9.75. The fourth-order valence-corrected chi connectivity index (χ4v) is 3.58. The van der Waals surface area contributed by atoms with Crippen LogP contribution in [0.15, 0.2) is 54.1 Å². The minimum absolute atomic E-state index is 0.0129. The van der Waals surface area contributed by atoms with Crippen LogP contribution in [-0.2, 0) is 14.3 Å². The summed E-state index contributed by atoms with van der Waals surface area (Å²) >= 11 is 0. The van der Waals surface area contributed by atoms with Crippen molar-refractivity contribution in [3.63, 3.8) is 0 Å². The van der Waals surface area contributed by atoms with Crippen LogP contribution in [0.4, 0.5) is 5.69 Å². The number of carbonyl (C=O) groups excluding carboxylic acids is 2. The number of carbonyl (C=O) groups is 2. The molecule has 3 rings (SSSR count). The highest BCUT2D eigenvalue weighted by Crippen LogP contribution is 2.42. The Morgan fingerprint density at radius 1 is 1.16 bits per heavy atom. The number of aliphatic hydroxyl groups excluding tert-OH is 2. The summed E-state index contributed by atoms with van der Waals surface area (Å²) in [6, 6.07) is 10.9. The van der Waals surface area contributed by atoms with Gasteiger partial charge in [-0.3, -0.25) is 19.7 Å². The average Bonchev–Trinajstić information content (AvgIpc) is 3.06. The van der Waals surface area contributed by atoms with Gasteiger partial charge >= 0.3 is 0 Å². The Labute approximate surface area is 183 Å². The SMILES string of the molecule is COc1ccccc1C1C(=C(O)c2cccc([N+](=O)[O-])c2)C(=O)C(=O)N1CCOCCO. The number of non-ortho nitro benzene ring substituents is 1. The van der Waals surface area contributed by atoms with Crippen molar-refractivity contribution in [3.05, 3.63) is 75.3 Å². The maximum absolute atomic E-state index is 13.0. The van der Waals surface area contributed by atoms with Gasteiger partial charge in [0.25, 0.3) is 17.4 Å². The largest absolute Gasteiger partial charge is 0.507 e. The molecule has 1 aliphatic rings. The van der Waals surface area contributed by atoms with Crippen LogP contribution in [0.5, 0.6) is 5.75 Å². The lowest BCUT2D eigenvalue weighted by atomic mass is 9.94. The summed E-state index contributed by atoms with van der Waals surface area (Å²) in [5.41, 5.74) is 0.0219. The summed E-state index contributed by atoms with van der Waals surface area (Å²) < 4.78 is 10.6. The molecule has 1 atom stereocenters. The number of nitro benzene ring substituents is 1. The van der Waals surface area contributed by atoms with Crippen molar-refractivity contribution in [2.75, 3.05) is 33.5 Å². The van der Waals surface area contributed by atoms with Crippen LogP contribution in [-0.4, -0.2) is 65.2 Å². The Balaban J connectivity index is 2.14. The zero-order valence-electron chi connectivity index (χ0n) is 17.3. The van der Waals surface area contributed by atoms with E-state index < -0.39 is 28.4 Å². The highest BCUT2D eigenvalue weighted by Gasteiger charge is 2.46. The lowest BCUT2D eigenvalue weighted by molar-refractivity contribution is -0.384. The molecule has 10 heteroatoms. The van der Waals surface area contributed by atoms with Crippen LogP contribution in [0.2, 0.25) is 0 Å². The first-order valence-corrected chi connectivity index (χ1v) is 9.75. The number of rotatable bonds is 9. The van der Waals surface area contributed by atoms with E-state index in [1.807, 2.05) is 0 Å². The number of aliphatic hydroxyl groups is 2. The molecule has 0 aliphatic carbocycles. The molecule has 0 bridgehead atoms. The third-order valence-corrected chi connectivity index (χ3v) is 5.02. The summed E-state index contributed by atoms with van der Waals surface area (Å²) in [7, 11) is 1.44. The molecule has 32 heavy (non-hydrogen) atoms. The monoisotopic (exact) mass is 442 g/mol. The highest BCUT2D eigenvalue weighted by atomic mass is 16.6. The number of benzene rings is 2. The van der Waals surface area contributed by atoms with Crippen molar-refractivity contribution in [2.45, 2.75) is 6.04 Å². The van der Waals surface area contributed by atoms with Gasteiger partial charge in [0.15, 0.2) is 0 Å². The molecule has 0 spiro atoms. The van der Waals surface area contributed by atoms with Gasteiger partial charge < -0.3 is 24.6 Å². The van der Waals surface area contributed by atoms with Crippen molar-refractivity contribution < 1.29 is 34.2 Å². The van der Waals surface area contributed by atoms with Gasteiger partial charge in [0.2, 0.25) is 0 Å². The zero-order valence-corrected chi connectivity index (χ0v) is 17.3. The third kappa shape index (κ3) is 4.46. The number of ether oxygens (including phenoxy) is 2. The number of methoxy groups -OCH3 is 1. The summed E-state index contributed by atoms with van der Waals surface area (Å²) in [4.78, 5) is 37.6. The topological polar surface area (TPSA) is 139 Å². The van der Waals surface area contributed by atoms with E-state index in [4.69, 9.17) is 14.6 Å². The van der Waals surface area contributed by atoms with Crippen molar-refractivity contribution in [1.29, 1.82) is 0 Å². The molecule has 0 saturated carbocycles. The van der Waals surface area contributed by atoms with Gasteiger partial charge in [0, 0.05) is 29.8 Å². The van der Waals surface area contributed by atoms with E-state index >= 15 is 0 Å². The van der Waals surface area contributed by atoms with E-state index in [9.17, 15) is 24.8 Å². The zero-order chi connectivity index (χ0) is 23.3. The molecule has 0 aromatic heterocycles. The molecular weight excluding hydrogens is 420 g/mol. The standard InChI is InChI=1S/C22H22N2O8/c1-31-17-8-3-2-7-16(17)19-18(20(26)14-5-4-6-15(13-14)24(29)30)21(27)22(28)23(19)9-11-32-12-10-25/h2-8,13,19,25-26H,9-12H2,1H3. The van der Waals surface area contributed by atoms with Gasteiger partial charge in [-0.2, -0.15) is 0 Å². The molecule has 2 N–H and O–H groups in total. The van der Waals surface area contributed by atoms with Gasteiger partial charge in [-0.25, -0.2) is 0 Å². The fraction of sp³-hybridized carbons (Fsp3) is 0.273. The van der Waals surface area contributed by atoms with Gasteiger partial charge in [-0.05, 0) is 6.07 Å². The molecule has 1 heterocycles. The molecular formula is C22H22N2O8. The van der Waals surface area contributed by atoms with Crippen LogP contribution in [0.3, 0.4) is 0 Å². The summed E-state index contributed by atoms with van der Waals surface area (Å²) in [6.07, 6.45) is 0. The van der Waals surface area contributed by atoms with Crippen molar-refractivity contribution >= 4 is 23.1 Å². The molecule has 1 amide bonds. The summed E-state index contributed by atoms with van der Waals surface area (Å²) in [5, 5.41) is 31.0. The number of Topliss-reactive ketones (excluding diaryl/α,β-unsaturated/α-hetero) is 1. The van der Waals surface area contributed by atoms with Gasteiger partial charge in [-0.15, -0.1) is 0 Å². The van der Waals surface area contributed by atoms with Crippen LogP contribution >= 0.6 is 0 Å². The number of para-hydroxylation sites is 1. The first kappa shape index (κ1) is 22.9. The van der Waals surface area contributed by atoms with Crippen LogP contribution in [0, 0.1) is 10.1 Å². The lowest BCUT2D eigenvalue weighted by Gasteiger charge is -2.26. The Morgan fingerprint density at radius 2 is 1.91 bits per heavy atom. The van der Waals surface area contributed by atoms with E-state index in [2.05, 4.69) is 0 Å². The Morgan fingerprint density at radius 3 is 2.59 bits per heavy atom. The lowest BCUT2D eigenvalue weighted by Crippen LogP contribution is -2.33. The molecule has 1 fully saturated rings. The quantitative estimate of drug-likeness (QED) is 0.150. The summed E-state index contributed by atoms with van der Waals surface area (Å²) in [5.74, 6) is -1.90. The number of nitrogens with zero attached hydrogens (tertiary/aromatic N) is 2. The second kappa shape index (κ2) is 10.0. The average molecular weight is 442 g/mol. The molecule has 1 aliphatic heterocycles. The maximum atomic E-state index is 13.0. The smallest absolute Gasteiger partial charge is 0.295 e. The van der Waals surface area contributed by atoms with E-state index in [-0.39, 0.29) is 43.2 Å². The summed E-state index contributed by atoms with van der Waals surface area (Å²) in [6.45, 7) is -0.0619. The van der Waals surface area contributed by atoms with E-state index in [1.54, 1.807) is 24.3 Å². The number of hydrogen-bond acceptors (Lipinski definition) is 8. The number of ketones is 1. The normalized spacial score (nSPS) is 17.6. The molecule has 1 unspecified atom stereocenters. The second-order valence-electron chi connectivity index (χ2n) is 6.88. The molecule has 2 aromatic rings. The number of hydrogen-bond donors (Lipinski definition) is 2. The van der Waals surface area contributed by atoms with Gasteiger partial charge in [-0.1, -0.05) is 30.3 Å². The van der Waals surface area contributed by atoms with E-state index in [0.29, 0.717) is 11.3 Å².